The standard InChI is InChI=1S/C17H22ClNO3/c1-22-17(9-10-17)11-15-3-2-4-16(20)19(15,21)12-13-5-7-14(18)8-6-13/h5-8,15H,2-4,9-12H2,1H3. The summed E-state index contributed by atoms with van der Waals surface area (Å²) >= 11 is 5.89. The predicted molar refractivity (Wildman–Crippen MR) is 85.0 cm³/mol. The number of likely N-dealkylation sites (tertiary alicyclic amines) is 1. The molecule has 1 aromatic rings. The SMILES string of the molecule is COC1(CC2CCCC(=O)[N+]2([O-])Cc2ccc(Cl)cc2)CC1. The Morgan fingerprint density at radius 1 is 1.36 bits per heavy atom. The Morgan fingerprint density at radius 2 is 2.05 bits per heavy atom. The number of ether oxygens (including phenoxy) is 1. The molecule has 2 fully saturated rings. The van der Waals surface area contributed by atoms with Crippen LogP contribution >= 0.6 is 11.6 Å². The topological polar surface area (TPSA) is 49.4 Å². The van der Waals surface area contributed by atoms with Crippen LogP contribution in [-0.2, 0) is 16.1 Å². The lowest BCUT2D eigenvalue weighted by molar-refractivity contribution is -0.850. The van der Waals surface area contributed by atoms with E-state index >= 15 is 0 Å². The summed E-state index contributed by atoms with van der Waals surface area (Å²) in [5.41, 5.74) is 0.706. The molecule has 3 rings (SSSR count). The number of methoxy groups -OCH3 is 1. The van der Waals surface area contributed by atoms with E-state index in [-0.39, 0.29) is 24.1 Å². The Balaban J connectivity index is 1.81. The summed E-state index contributed by atoms with van der Waals surface area (Å²) in [4.78, 5) is 12.4. The van der Waals surface area contributed by atoms with Crippen LogP contribution in [-0.4, -0.2) is 29.3 Å². The molecule has 0 bridgehead atoms. The first-order valence-corrected chi connectivity index (χ1v) is 8.27. The number of quaternary nitrogens is 1. The second kappa shape index (κ2) is 5.93. The highest BCUT2D eigenvalue weighted by atomic mass is 35.5. The highest BCUT2D eigenvalue weighted by Gasteiger charge is 2.50. The summed E-state index contributed by atoms with van der Waals surface area (Å²) in [7, 11) is 1.70. The van der Waals surface area contributed by atoms with E-state index in [1.165, 1.54) is 0 Å². The van der Waals surface area contributed by atoms with Crippen LogP contribution in [0.4, 0.5) is 0 Å². The molecule has 0 spiro atoms. The van der Waals surface area contributed by atoms with E-state index in [2.05, 4.69) is 0 Å². The van der Waals surface area contributed by atoms with Gasteiger partial charge in [-0.1, -0.05) is 23.7 Å². The highest BCUT2D eigenvalue weighted by molar-refractivity contribution is 6.30. The third-order valence-electron chi connectivity index (χ3n) is 5.12. The third-order valence-corrected chi connectivity index (χ3v) is 5.37. The second-order valence-corrected chi connectivity index (χ2v) is 7.05. The van der Waals surface area contributed by atoms with Crippen LogP contribution in [0.5, 0.6) is 0 Å². The Hall–Kier alpha value is -0.940. The van der Waals surface area contributed by atoms with E-state index in [0.29, 0.717) is 17.9 Å². The normalized spacial score (nSPS) is 30.3. The molecule has 120 valence electrons. The molecule has 1 saturated carbocycles. The van der Waals surface area contributed by atoms with E-state index < -0.39 is 4.65 Å². The van der Waals surface area contributed by atoms with Gasteiger partial charge in [0.2, 0.25) is 0 Å². The second-order valence-electron chi connectivity index (χ2n) is 6.61. The molecule has 2 unspecified atom stereocenters. The number of hydroxylamine groups is 3. The molecule has 1 saturated heterocycles. The Labute approximate surface area is 136 Å². The minimum Gasteiger partial charge on any atom is -0.625 e. The van der Waals surface area contributed by atoms with Crippen LogP contribution < -0.4 is 0 Å². The average Bonchev–Trinajstić information content (AvgIpc) is 3.27. The average molecular weight is 324 g/mol. The minimum absolute atomic E-state index is 0.157. The van der Waals surface area contributed by atoms with E-state index in [4.69, 9.17) is 16.3 Å². The molecule has 0 radical (unpaired) electrons. The lowest BCUT2D eigenvalue weighted by Gasteiger charge is -2.49. The van der Waals surface area contributed by atoms with Gasteiger partial charge in [-0.15, -0.1) is 0 Å². The summed E-state index contributed by atoms with van der Waals surface area (Å²) in [6, 6.07) is 7.01. The fraction of sp³-hybridized carbons (Fsp3) is 0.588. The molecular formula is C17H22ClNO3. The number of nitrogens with zero attached hydrogens (tertiary/aromatic N) is 1. The number of piperidine rings is 1. The zero-order valence-corrected chi connectivity index (χ0v) is 13.6. The maximum Gasteiger partial charge on any atom is 0.314 e. The van der Waals surface area contributed by atoms with Crippen molar-refractivity contribution in [3.05, 3.63) is 40.1 Å². The largest absolute Gasteiger partial charge is 0.625 e. The first-order chi connectivity index (χ1) is 10.5. The van der Waals surface area contributed by atoms with Crippen molar-refractivity contribution in [1.82, 2.24) is 0 Å². The summed E-state index contributed by atoms with van der Waals surface area (Å²) in [5.74, 6) is -0.196. The Kier molecular flexibility index (Phi) is 4.29. The van der Waals surface area contributed by atoms with Gasteiger partial charge in [-0.25, -0.2) is 4.79 Å². The molecule has 1 aromatic carbocycles. The zero-order chi connectivity index (χ0) is 15.8. The van der Waals surface area contributed by atoms with Crippen molar-refractivity contribution in [3.63, 3.8) is 0 Å². The molecule has 22 heavy (non-hydrogen) atoms. The van der Waals surface area contributed by atoms with Crippen LogP contribution in [0.25, 0.3) is 0 Å². The number of carbonyl (C=O) groups excluding carboxylic acids is 1. The van der Waals surface area contributed by atoms with Crippen LogP contribution in [0, 0.1) is 5.21 Å². The van der Waals surface area contributed by atoms with Crippen molar-refractivity contribution >= 4 is 17.5 Å². The maximum absolute atomic E-state index is 13.4. The van der Waals surface area contributed by atoms with Crippen LogP contribution in [0.15, 0.2) is 24.3 Å². The minimum atomic E-state index is -0.743. The molecule has 1 aliphatic heterocycles. The molecule has 1 aliphatic carbocycles. The van der Waals surface area contributed by atoms with Gasteiger partial charge in [0.15, 0.2) is 0 Å². The van der Waals surface area contributed by atoms with Crippen molar-refractivity contribution in [2.45, 2.75) is 56.7 Å². The molecule has 0 aromatic heterocycles. The number of rotatable bonds is 5. The lowest BCUT2D eigenvalue weighted by Crippen LogP contribution is -2.57. The number of carbonyl (C=O) groups is 1. The van der Waals surface area contributed by atoms with Gasteiger partial charge < -0.3 is 9.94 Å². The summed E-state index contributed by atoms with van der Waals surface area (Å²) in [6.45, 7) is 0.195. The van der Waals surface area contributed by atoms with Gasteiger partial charge in [0.1, 0.15) is 6.54 Å². The van der Waals surface area contributed by atoms with Gasteiger partial charge >= 0.3 is 5.91 Å². The smallest absolute Gasteiger partial charge is 0.314 e. The van der Waals surface area contributed by atoms with Gasteiger partial charge in [0, 0.05) is 30.5 Å². The molecular weight excluding hydrogens is 302 g/mol. The summed E-state index contributed by atoms with van der Waals surface area (Å²) < 4.78 is 4.83. The van der Waals surface area contributed by atoms with Crippen molar-refractivity contribution < 1.29 is 14.2 Å². The molecule has 1 amide bonds. The summed E-state index contributed by atoms with van der Waals surface area (Å²) in [5, 5.41) is 14.0. The fourth-order valence-electron chi connectivity index (χ4n) is 3.48. The predicted octanol–water partition coefficient (Wildman–Crippen LogP) is 3.80. The maximum atomic E-state index is 13.4. The first kappa shape index (κ1) is 15.9. The number of hydrogen-bond acceptors (Lipinski definition) is 3. The van der Waals surface area contributed by atoms with Crippen molar-refractivity contribution in [2.24, 2.45) is 0 Å². The van der Waals surface area contributed by atoms with Crippen molar-refractivity contribution in [2.75, 3.05) is 7.11 Å². The van der Waals surface area contributed by atoms with Crippen molar-refractivity contribution in [3.8, 4) is 0 Å². The van der Waals surface area contributed by atoms with E-state index in [1.54, 1.807) is 19.2 Å². The molecule has 2 atom stereocenters. The van der Waals surface area contributed by atoms with Gasteiger partial charge in [0.05, 0.1) is 18.1 Å². The fourth-order valence-corrected chi connectivity index (χ4v) is 3.60. The molecule has 1 heterocycles. The Morgan fingerprint density at radius 3 is 2.64 bits per heavy atom. The van der Waals surface area contributed by atoms with Crippen LogP contribution in [0.1, 0.15) is 44.1 Å². The molecule has 2 aliphatic rings. The van der Waals surface area contributed by atoms with E-state index in [9.17, 15) is 10.0 Å². The number of benzene rings is 1. The van der Waals surface area contributed by atoms with Crippen molar-refractivity contribution in [1.29, 1.82) is 0 Å². The van der Waals surface area contributed by atoms with Gasteiger partial charge in [-0.3, -0.25) is 4.65 Å². The summed E-state index contributed by atoms with van der Waals surface area (Å²) in [6.07, 6.45) is 4.67. The van der Waals surface area contributed by atoms with Crippen LogP contribution in [0.3, 0.4) is 0 Å². The molecule has 4 nitrogen and oxygen atoms in total. The monoisotopic (exact) mass is 323 g/mol. The quantitative estimate of drug-likeness (QED) is 0.611. The third kappa shape index (κ3) is 3.06. The van der Waals surface area contributed by atoms with Gasteiger partial charge in [-0.2, -0.15) is 0 Å². The zero-order valence-electron chi connectivity index (χ0n) is 12.9. The van der Waals surface area contributed by atoms with Gasteiger partial charge in [0.25, 0.3) is 0 Å². The molecule has 0 N–H and O–H groups in total. The van der Waals surface area contributed by atoms with Gasteiger partial charge in [-0.05, 0) is 31.4 Å². The van der Waals surface area contributed by atoms with E-state index in [1.807, 2.05) is 12.1 Å². The Bertz CT molecular complexity index is 556. The van der Waals surface area contributed by atoms with Crippen LogP contribution in [0.2, 0.25) is 5.02 Å². The first-order valence-electron chi connectivity index (χ1n) is 7.89. The number of amides is 1. The molecule has 5 heteroatoms. The number of hydrogen-bond donors (Lipinski definition) is 0. The number of halogens is 1. The van der Waals surface area contributed by atoms with E-state index in [0.717, 1.165) is 31.2 Å². The highest BCUT2D eigenvalue weighted by Crippen LogP contribution is 2.46. The lowest BCUT2D eigenvalue weighted by atomic mass is 9.94.